The van der Waals surface area contributed by atoms with E-state index in [2.05, 4.69) is 18.3 Å². The van der Waals surface area contributed by atoms with Crippen LogP contribution in [0.3, 0.4) is 0 Å². The Bertz CT molecular complexity index is 342. The van der Waals surface area contributed by atoms with Gasteiger partial charge in [0.05, 0.1) is 0 Å². The van der Waals surface area contributed by atoms with Gasteiger partial charge in [0.1, 0.15) is 0 Å². The van der Waals surface area contributed by atoms with E-state index in [-0.39, 0.29) is 0 Å². The summed E-state index contributed by atoms with van der Waals surface area (Å²) in [7, 11) is 0. The maximum absolute atomic E-state index is 5.86. The molecule has 0 amide bonds. The molecule has 1 aromatic carbocycles. The summed E-state index contributed by atoms with van der Waals surface area (Å²) in [6, 6.07) is 5.94. The van der Waals surface area contributed by atoms with Crippen molar-refractivity contribution in [3.8, 4) is 0 Å². The fourth-order valence-electron chi connectivity index (χ4n) is 1.38. The Morgan fingerprint density at radius 2 is 2.25 bits per heavy atom. The van der Waals surface area contributed by atoms with E-state index in [0.29, 0.717) is 0 Å². The average molecular weight is 180 g/mol. The third-order valence-electron chi connectivity index (χ3n) is 2.03. The van der Waals surface area contributed by atoms with Crippen LogP contribution in [0.2, 0.25) is 5.02 Å². The number of nitrogens with one attached hydrogen (secondary N) is 1. The number of anilines is 1. The molecule has 2 heteroatoms. The highest BCUT2D eigenvalue weighted by Gasteiger charge is 2.06. The number of hydrogen-bond donors (Lipinski definition) is 1. The molecule has 1 heterocycles. The summed E-state index contributed by atoms with van der Waals surface area (Å²) < 4.78 is 0. The van der Waals surface area contributed by atoms with Crippen molar-refractivity contribution in [3.63, 3.8) is 0 Å². The minimum atomic E-state index is 0.809. The Hall–Kier alpha value is -0.950. The second kappa shape index (κ2) is 2.83. The summed E-state index contributed by atoms with van der Waals surface area (Å²) in [5.74, 6) is 0. The van der Waals surface area contributed by atoms with E-state index in [1.807, 2.05) is 18.2 Å². The van der Waals surface area contributed by atoms with Gasteiger partial charge in [-0.2, -0.15) is 0 Å². The lowest BCUT2D eigenvalue weighted by Crippen LogP contribution is -2.04. The largest absolute Gasteiger partial charge is 0.359 e. The summed E-state index contributed by atoms with van der Waals surface area (Å²) in [6.45, 7) is 2.07. The van der Waals surface area contributed by atoms with Gasteiger partial charge in [-0.25, -0.2) is 0 Å². The first-order chi connectivity index (χ1) is 5.75. The van der Waals surface area contributed by atoms with Gasteiger partial charge in [0, 0.05) is 16.4 Å². The molecule has 12 heavy (non-hydrogen) atoms. The van der Waals surface area contributed by atoms with Crippen LogP contribution in [0, 0.1) is 0 Å². The van der Waals surface area contributed by atoms with Gasteiger partial charge in [0.15, 0.2) is 0 Å². The summed E-state index contributed by atoms with van der Waals surface area (Å²) in [4.78, 5) is 0. The van der Waals surface area contributed by atoms with Crippen LogP contribution in [0.5, 0.6) is 0 Å². The van der Waals surface area contributed by atoms with E-state index in [9.17, 15) is 0 Å². The fraction of sp³-hybridized carbons (Fsp3) is 0.200. The normalized spacial score (nSPS) is 14.7. The van der Waals surface area contributed by atoms with E-state index >= 15 is 0 Å². The quantitative estimate of drug-likeness (QED) is 0.645. The molecule has 0 aromatic heterocycles. The average Bonchev–Trinajstić information content (AvgIpc) is 2.05. The minimum absolute atomic E-state index is 0.809. The zero-order valence-corrected chi connectivity index (χ0v) is 7.65. The summed E-state index contributed by atoms with van der Waals surface area (Å²) >= 11 is 5.86. The zero-order chi connectivity index (χ0) is 8.55. The van der Waals surface area contributed by atoms with Crippen molar-refractivity contribution in [1.29, 1.82) is 0 Å². The predicted molar refractivity (Wildman–Crippen MR) is 52.5 cm³/mol. The van der Waals surface area contributed by atoms with Gasteiger partial charge in [-0.3, -0.25) is 0 Å². The highest BCUT2D eigenvalue weighted by Crippen LogP contribution is 2.25. The second-order valence-corrected chi connectivity index (χ2v) is 3.45. The maximum Gasteiger partial charge on any atom is 0.0418 e. The lowest BCUT2D eigenvalue weighted by Gasteiger charge is -2.16. The zero-order valence-electron chi connectivity index (χ0n) is 6.89. The monoisotopic (exact) mass is 179 g/mol. The number of halogens is 1. The Morgan fingerprint density at radius 1 is 1.42 bits per heavy atom. The van der Waals surface area contributed by atoms with Crippen molar-refractivity contribution in [3.05, 3.63) is 40.6 Å². The van der Waals surface area contributed by atoms with Crippen LogP contribution in [0.1, 0.15) is 12.5 Å². The lowest BCUT2D eigenvalue weighted by atomic mass is 10.1. The van der Waals surface area contributed by atoms with Crippen molar-refractivity contribution in [1.82, 2.24) is 0 Å². The van der Waals surface area contributed by atoms with Gasteiger partial charge < -0.3 is 5.32 Å². The molecule has 0 spiro atoms. The Kier molecular flexibility index (Phi) is 1.81. The van der Waals surface area contributed by atoms with E-state index < -0.39 is 0 Å². The van der Waals surface area contributed by atoms with E-state index in [4.69, 9.17) is 11.6 Å². The minimum Gasteiger partial charge on any atom is -0.359 e. The molecule has 1 nitrogen and oxygen atoms in total. The van der Waals surface area contributed by atoms with Crippen LogP contribution in [-0.2, 0) is 6.42 Å². The molecular formula is C10H10ClN. The first-order valence-corrected chi connectivity index (χ1v) is 4.36. The van der Waals surface area contributed by atoms with Crippen LogP contribution in [-0.4, -0.2) is 0 Å². The molecule has 0 radical (unpaired) electrons. The topological polar surface area (TPSA) is 12.0 Å². The SMILES string of the molecule is CC1=CCc2cc(Cl)ccc2N1. The van der Waals surface area contributed by atoms with E-state index in [1.165, 1.54) is 16.9 Å². The fourth-order valence-corrected chi connectivity index (χ4v) is 1.57. The molecule has 0 saturated heterocycles. The second-order valence-electron chi connectivity index (χ2n) is 3.02. The highest BCUT2D eigenvalue weighted by atomic mass is 35.5. The van der Waals surface area contributed by atoms with Crippen molar-refractivity contribution in [2.75, 3.05) is 5.32 Å². The summed E-state index contributed by atoms with van der Waals surface area (Å²) in [5, 5.41) is 4.10. The van der Waals surface area contributed by atoms with Crippen LogP contribution in [0.4, 0.5) is 5.69 Å². The van der Waals surface area contributed by atoms with E-state index in [1.54, 1.807) is 0 Å². The van der Waals surface area contributed by atoms with Crippen LogP contribution in [0.15, 0.2) is 30.0 Å². The van der Waals surface area contributed by atoms with Gasteiger partial charge in [-0.15, -0.1) is 0 Å². The first kappa shape index (κ1) is 7.69. The third kappa shape index (κ3) is 1.32. The van der Waals surface area contributed by atoms with Gasteiger partial charge in [-0.05, 0) is 37.1 Å². The Morgan fingerprint density at radius 3 is 3.08 bits per heavy atom. The smallest absolute Gasteiger partial charge is 0.0418 e. The van der Waals surface area contributed by atoms with Gasteiger partial charge in [-0.1, -0.05) is 17.7 Å². The molecule has 2 rings (SSSR count). The molecular weight excluding hydrogens is 170 g/mol. The molecule has 0 unspecified atom stereocenters. The van der Waals surface area contributed by atoms with Gasteiger partial charge >= 0.3 is 0 Å². The Labute approximate surface area is 77.0 Å². The number of allylic oxidation sites excluding steroid dienone is 2. The molecule has 0 saturated carbocycles. The van der Waals surface area contributed by atoms with E-state index in [0.717, 1.165) is 11.4 Å². The molecule has 0 aliphatic carbocycles. The Balaban J connectivity index is 2.43. The van der Waals surface area contributed by atoms with Crippen molar-refractivity contribution in [2.45, 2.75) is 13.3 Å². The summed E-state index contributed by atoms with van der Waals surface area (Å²) in [5.41, 5.74) is 3.66. The number of rotatable bonds is 0. The molecule has 1 N–H and O–H groups in total. The predicted octanol–water partition coefficient (Wildman–Crippen LogP) is 3.21. The lowest BCUT2D eigenvalue weighted by molar-refractivity contribution is 1.16. The van der Waals surface area contributed by atoms with Crippen LogP contribution in [0.25, 0.3) is 0 Å². The maximum atomic E-state index is 5.86. The van der Waals surface area contributed by atoms with Crippen LogP contribution < -0.4 is 5.32 Å². The van der Waals surface area contributed by atoms with Crippen molar-refractivity contribution in [2.24, 2.45) is 0 Å². The van der Waals surface area contributed by atoms with Crippen LogP contribution >= 0.6 is 11.6 Å². The number of fused-ring (bicyclic) bond motifs is 1. The number of benzene rings is 1. The molecule has 1 aliphatic heterocycles. The van der Waals surface area contributed by atoms with Gasteiger partial charge in [0.25, 0.3) is 0 Å². The number of hydrogen-bond acceptors (Lipinski definition) is 1. The third-order valence-corrected chi connectivity index (χ3v) is 2.26. The highest BCUT2D eigenvalue weighted by molar-refractivity contribution is 6.30. The first-order valence-electron chi connectivity index (χ1n) is 3.98. The standard InChI is InChI=1S/C10H10ClN/c1-7-2-3-8-6-9(11)4-5-10(8)12-7/h2,4-6,12H,3H2,1H3. The molecule has 0 atom stereocenters. The molecule has 0 fully saturated rings. The molecule has 0 bridgehead atoms. The molecule has 1 aliphatic rings. The molecule has 1 aromatic rings. The van der Waals surface area contributed by atoms with Crippen molar-refractivity contribution >= 4 is 17.3 Å². The van der Waals surface area contributed by atoms with Crippen molar-refractivity contribution < 1.29 is 0 Å². The van der Waals surface area contributed by atoms with Gasteiger partial charge in [0.2, 0.25) is 0 Å². The molecule has 62 valence electrons. The summed E-state index contributed by atoms with van der Waals surface area (Å²) in [6.07, 6.45) is 3.15.